The van der Waals surface area contributed by atoms with E-state index in [0.29, 0.717) is 25.2 Å². The van der Waals surface area contributed by atoms with Crippen LogP contribution in [0.5, 0.6) is 0 Å². The minimum atomic E-state index is -0.388. The Labute approximate surface area is 258 Å². The van der Waals surface area contributed by atoms with Crippen LogP contribution in [0.4, 0.5) is 11.8 Å². The highest BCUT2D eigenvalue weighted by Gasteiger charge is 2.38. The first kappa shape index (κ1) is 31.0. The normalized spacial score (nSPS) is 28.7. The Morgan fingerprint density at radius 1 is 0.953 bits per heavy atom. The number of carbonyl (C=O) groups is 1. The van der Waals surface area contributed by atoms with E-state index in [1.54, 1.807) is 0 Å². The standard InChI is InChI=1S/C33H55N7O3/c41-32(30-25-34-17-24-43-30)40(27-14-22-42-23-15-27)21-13-29-28(11-8-20-39(29)26-9-4-3-5-10-26)36-33-35-16-12-31(37-33)38-18-6-1-2-7-19-38/h12,16,26-30,34H,1-11,13-15,17-25H2,(H,35,36,37). The molecule has 4 aliphatic heterocycles. The molecule has 240 valence electrons. The number of ether oxygens (including phenoxy) is 2. The third-order valence-electron chi connectivity index (χ3n) is 10.5. The highest BCUT2D eigenvalue weighted by molar-refractivity contribution is 5.81. The summed E-state index contributed by atoms with van der Waals surface area (Å²) in [4.78, 5) is 31.1. The lowest BCUT2D eigenvalue weighted by Crippen LogP contribution is -2.58. The molecule has 5 fully saturated rings. The van der Waals surface area contributed by atoms with Gasteiger partial charge in [0, 0.05) is 76.3 Å². The van der Waals surface area contributed by atoms with Gasteiger partial charge in [0.05, 0.1) is 6.61 Å². The van der Waals surface area contributed by atoms with Crippen LogP contribution in [0.2, 0.25) is 0 Å². The predicted molar refractivity (Wildman–Crippen MR) is 170 cm³/mol. The number of carbonyl (C=O) groups excluding carboxylic acids is 1. The highest BCUT2D eigenvalue weighted by Crippen LogP contribution is 2.32. The average molecular weight is 598 g/mol. The molecule has 0 bridgehead atoms. The lowest BCUT2D eigenvalue weighted by Gasteiger charge is -2.48. The van der Waals surface area contributed by atoms with Gasteiger partial charge >= 0.3 is 0 Å². The van der Waals surface area contributed by atoms with Gasteiger partial charge in [-0.05, 0) is 70.4 Å². The van der Waals surface area contributed by atoms with Crippen LogP contribution in [-0.2, 0) is 14.3 Å². The van der Waals surface area contributed by atoms with Crippen LogP contribution >= 0.6 is 0 Å². The molecular weight excluding hydrogens is 542 g/mol. The van der Waals surface area contributed by atoms with E-state index in [2.05, 4.69) is 31.4 Å². The molecule has 43 heavy (non-hydrogen) atoms. The van der Waals surface area contributed by atoms with Crippen molar-refractivity contribution in [1.29, 1.82) is 0 Å². The minimum Gasteiger partial charge on any atom is -0.381 e. The Kier molecular flexibility index (Phi) is 11.4. The molecule has 6 rings (SSSR count). The van der Waals surface area contributed by atoms with Crippen LogP contribution in [0.25, 0.3) is 0 Å². The zero-order valence-corrected chi connectivity index (χ0v) is 26.3. The maximum absolute atomic E-state index is 13.9. The molecule has 0 radical (unpaired) electrons. The largest absolute Gasteiger partial charge is 0.381 e. The SMILES string of the molecule is O=C(C1CNCCO1)N(CCC1C(Nc2nccc(N3CCCCCC3)n2)CCCN1C1CCCCC1)C1CCOCC1. The molecule has 1 saturated carbocycles. The number of piperidine rings is 1. The number of likely N-dealkylation sites (tertiary alicyclic amines) is 1. The molecule has 0 aromatic carbocycles. The fourth-order valence-corrected chi connectivity index (χ4v) is 8.19. The maximum Gasteiger partial charge on any atom is 0.253 e. The summed E-state index contributed by atoms with van der Waals surface area (Å²) in [5.41, 5.74) is 0. The number of morpholine rings is 1. The lowest BCUT2D eigenvalue weighted by atomic mass is 9.87. The van der Waals surface area contributed by atoms with E-state index >= 15 is 0 Å². The van der Waals surface area contributed by atoms with Gasteiger partial charge in [-0.1, -0.05) is 32.1 Å². The van der Waals surface area contributed by atoms with Crippen LogP contribution in [0, 0.1) is 0 Å². The van der Waals surface area contributed by atoms with Gasteiger partial charge in [-0.2, -0.15) is 4.98 Å². The fourth-order valence-electron chi connectivity index (χ4n) is 8.19. The van der Waals surface area contributed by atoms with Gasteiger partial charge in [-0.15, -0.1) is 0 Å². The summed E-state index contributed by atoms with van der Waals surface area (Å²) < 4.78 is 11.7. The Balaban J connectivity index is 1.20. The Morgan fingerprint density at radius 2 is 1.74 bits per heavy atom. The van der Waals surface area contributed by atoms with E-state index in [4.69, 9.17) is 19.4 Å². The van der Waals surface area contributed by atoms with E-state index in [9.17, 15) is 4.79 Å². The van der Waals surface area contributed by atoms with Crippen LogP contribution in [0.15, 0.2) is 12.3 Å². The number of nitrogens with one attached hydrogen (secondary N) is 2. The predicted octanol–water partition coefficient (Wildman–Crippen LogP) is 3.82. The molecule has 5 heterocycles. The van der Waals surface area contributed by atoms with Crippen molar-refractivity contribution >= 4 is 17.7 Å². The zero-order valence-electron chi connectivity index (χ0n) is 26.3. The van der Waals surface area contributed by atoms with Crippen molar-refractivity contribution in [3.63, 3.8) is 0 Å². The van der Waals surface area contributed by atoms with Gasteiger partial charge in [0.25, 0.3) is 5.91 Å². The summed E-state index contributed by atoms with van der Waals surface area (Å²) in [6, 6.07) is 3.52. The molecule has 5 aliphatic rings. The molecule has 1 amide bonds. The summed E-state index contributed by atoms with van der Waals surface area (Å²) in [7, 11) is 0. The summed E-state index contributed by atoms with van der Waals surface area (Å²) in [6.45, 7) is 7.52. The monoisotopic (exact) mass is 597 g/mol. The number of amides is 1. The van der Waals surface area contributed by atoms with Crippen molar-refractivity contribution in [1.82, 2.24) is 25.1 Å². The van der Waals surface area contributed by atoms with Crippen LogP contribution in [0.3, 0.4) is 0 Å². The number of nitrogens with zero attached hydrogens (tertiary/aromatic N) is 5. The third-order valence-corrected chi connectivity index (χ3v) is 10.5. The van der Waals surface area contributed by atoms with Gasteiger partial charge in [-0.25, -0.2) is 4.98 Å². The number of aromatic nitrogens is 2. The molecule has 2 N–H and O–H groups in total. The topological polar surface area (TPSA) is 95.1 Å². The van der Waals surface area contributed by atoms with E-state index in [0.717, 1.165) is 83.4 Å². The van der Waals surface area contributed by atoms with E-state index in [1.807, 2.05) is 6.20 Å². The van der Waals surface area contributed by atoms with Crippen LogP contribution in [0.1, 0.15) is 89.9 Å². The molecule has 10 heteroatoms. The number of anilines is 2. The smallest absolute Gasteiger partial charge is 0.253 e. The quantitative estimate of drug-likeness (QED) is 0.441. The van der Waals surface area contributed by atoms with Gasteiger partial charge in [0.1, 0.15) is 11.9 Å². The van der Waals surface area contributed by atoms with Crippen LogP contribution < -0.4 is 15.5 Å². The van der Waals surface area contributed by atoms with Crippen molar-refractivity contribution < 1.29 is 14.3 Å². The molecule has 4 saturated heterocycles. The van der Waals surface area contributed by atoms with Crippen molar-refractivity contribution in [2.75, 3.05) is 69.3 Å². The van der Waals surface area contributed by atoms with Gasteiger partial charge in [-0.3, -0.25) is 9.69 Å². The molecule has 1 aliphatic carbocycles. The lowest BCUT2D eigenvalue weighted by molar-refractivity contribution is -0.150. The average Bonchev–Trinajstić information content (AvgIpc) is 3.37. The molecule has 1 aromatic heterocycles. The van der Waals surface area contributed by atoms with Gasteiger partial charge < -0.3 is 29.9 Å². The van der Waals surface area contributed by atoms with Crippen molar-refractivity contribution in [2.24, 2.45) is 0 Å². The second kappa shape index (κ2) is 15.8. The first-order valence-electron chi connectivity index (χ1n) is 17.6. The first-order chi connectivity index (χ1) is 21.3. The number of hydrogen-bond donors (Lipinski definition) is 2. The van der Waals surface area contributed by atoms with E-state index < -0.39 is 0 Å². The fraction of sp³-hybridized carbons (Fsp3) is 0.848. The van der Waals surface area contributed by atoms with Crippen molar-refractivity contribution in [2.45, 2.75) is 120 Å². The Bertz CT molecular complexity index is 988. The summed E-state index contributed by atoms with van der Waals surface area (Å²) in [5.74, 6) is 1.95. The molecular formula is C33H55N7O3. The van der Waals surface area contributed by atoms with Crippen LogP contribution in [-0.4, -0.2) is 115 Å². The molecule has 0 spiro atoms. The minimum absolute atomic E-state index is 0.150. The van der Waals surface area contributed by atoms with Crippen molar-refractivity contribution in [3.8, 4) is 0 Å². The second-order valence-corrected chi connectivity index (χ2v) is 13.4. The maximum atomic E-state index is 13.9. The molecule has 10 nitrogen and oxygen atoms in total. The molecule has 3 atom stereocenters. The second-order valence-electron chi connectivity index (χ2n) is 13.4. The number of hydrogen-bond acceptors (Lipinski definition) is 9. The summed E-state index contributed by atoms with van der Waals surface area (Å²) >= 11 is 0. The van der Waals surface area contributed by atoms with E-state index in [-0.39, 0.29) is 24.1 Å². The Morgan fingerprint density at radius 3 is 2.51 bits per heavy atom. The summed E-state index contributed by atoms with van der Waals surface area (Å²) in [6.07, 6.45) is 18.2. The van der Waals surface area contributed by atoms with Gasteiger partial charge in [0.15, 0.2) is 0 Å². The van der Waals surface area contributed by atoms with E-state index in [1.165, 1.54) is 64.2 Å². The number of rotatable bonds is 9. The zero-order chi connectivity index (χ0) is 29.3. The molecule has 1 aromatic rings. The van der Waals surface area contributed by atoms with Crippen molar-refractivity contribution in [3.05, 3.63) is 12.3 Å². The summed E-state index contributed by atoms with van der Waals surface area (Å²) in [5, 5.41) is 7.20. The Hall–Kier alpha value is -2.01. The third kappa shape index (κ3) is 8.18. The first-order valence-corrected chi connectivity index (χ1v) is 17.6. The highest BCUT2D eigenvalue weighted by atomic mass is 16.5. The van der Waals surface area contributed by atoms with Gasteiger partial charge in [0.2, 0.25) is 5.95 Å². The molecule has 3 unspecified atom stereocenters.